The molecule has 25 heavy (non-hydrogen) atoms. The Morgan fingerprint density at radius 3 is 2.48 bits per heavy atom. The van der Waals surface area contributed by atoms with Crippen LogP contribution in [0.1, 0.15) is 63.9 Å². The fourth-order valence-corrected chi connectivity index (χ4v) is 2.99. The molecular weight excluding hydrogens is 314 g/mol. The van der Waals surface area contributed by atoms with Crippen LogP contribution in [0.5, 0.6) is 5.75 Å². The van der Waals surface area contributed by atoms with Crippen molar-refractivity contribution < 1.29 is 9.53 Å². The molecule has 1 aromatic carbocycles. The number of aromatic nitrogens is 2. The highest BCUT2D eigenvalue weighted by molar-refractivity contribution is 5.95. The molecule has 0 bridgehead atoms. The maximum Gasteiger partial charge on any atom is 0.225 e. The van der Waals surface area contributed by atoms with E-state index in [9.17, 15) is 4.79 Å². The molecule has 2 aromatic rings. The van der Waals surface area contributed by atoms with Crippen LogP contribution in [0.2, 0.25) is 0 Å². The fraction of sp³-hybridized carbons (Fsp3) is 0.450. The molecular formula is C20H25N3O2. The van der Waals surface area contributed by atoms with E-state index in [1.807, 2.05) is 44.4 Å². The van der Waals surface area contributed by atoms with Crippen LogP contribution in [0.25, 0.3) is 0 Å². The lowest BCUT2D eigenvalue weighted by atomic mass is 9.86. The average molecular weight is 339 g/mol. The number of carbonyl (C=O) groups is 1. The summed E-state index contributed by atoms with van der Waals surface area (Å²) in [6, 6.07) is 5.87. The first-order valence-electron chi connectivity index (χ1n) is 8.67. The van der Waals surface area contributed by atoms with Crippen molar-refractivity contribution in [2.75, 3.05) is 5.32 Å². The maximum absolute atomic E-state index is 12.2. The van der Waals surface area contributed by atoms with Crippen LogP contribution in [0.4, 0.5) is 5.69 Å². The molecule has 0 fully saturated rings. The van der Waals surface area contributed by atoms with E-state index in [1.54, 1.807) is 0 Å². The van der Waals surface area contributed by atoms with Gasteiger partial charge in [0.15, 0.2) is 0 Å². The Bertz CT molecular complexity index is 777. The number of hydrogen-bond donors (Lipinski definition) is 1. The quantitative estimate of drug-likeness (QED) is 0.917. The summed E-state index contributed by atoms with van der Waals surface area (Å²) in [5, 5.41) is 2.95. The zero-order valence-electron chi connectivity index (χ0n) is 15.5. The van der Waals surface area contributed by atoms with Crippen molar-refractivity contribution in [1.29, 1.82) is 0 Å². The Kier molecular flexibility index (Phi) is 4.50. The first kappa shape index (κ1) is 17.4. The molecule has 0 spiro atoms. The maximum atomic E-state index is 12.2. The van der Waals surface area contributed by atoms with E-state index in [4.69, 9.17) is 4.74 Å². The summed E-state index contributed by atoms with van der Waals surface area (Å²) in [6.45, 7) is 10.2. The summed E-state index contributed by atoms with van der Waals surface area (Å²) in [6.07, 6.45) is 4.18. The highest BCUT2D eigenvalue weighted by atomic mass is 16.5. The first-order chi connectivity index (χ1) is 11.7. The predicted molar refractivity (Wildman–Crippen MR) is 98.0 cm³/mol. The number of amides is 1. The van der Waals surface area contributed by atoms with Gasteiger partial charge < -0.3 is 10.1 Å². The second-order valence-corrected chi connectivity index (χ2v) is 7.81. The largest absolute Gasteiger partial charge is 0.491 e. The van der Waals surface area contributed by atoms with Crippen molar-refractivity contribution in [1.82, 2.24) is 9.97 Å². The van der Waals surface area contributed by atoms with Gasteiger partial charge in [0.1, 0.15) is 11.6 Å². The van der Waals surface area contributed by atoms with E-state index in [1.165, 1.54) is 0 Å². The van der Waals surface area contributed by atoms with E-state index in [-0.39, 0.29) is 23.3 Å². The van der Waals surface area contributed by atoms with Crippen molar-refractivity contribution in [3.63, 3.8) is 0 Å². The molecule has 0 radical (unpaired) electrons. The number of fused-ring (bicyclic) bond motifs is 1. The van der Waals surface area contributed by atoms with E-state index in [0.717, 1.165) is 28.4 Å². The summed E-state index contributed by atoms with van der Waals surface area (Å²) < 4.78 is 5.73. The molecule has 5 nitrogen and oxygen atoms in total. The van der Waals surface area contributed by atoms with Gasteiger partial charge >= 0.3 is 0 Å². The lowest BCUT2D eigenvalue weighted by molar-refractivity contribution is -0.116. The zero-order valence-corrected chi connectivity index (χ0v) is 15.5. The van der Waals surface area contributed by atoms with Gasteiger partial charge in [-0.15, -0.1) is 0 Å². The standard InChI is InChI=1S/C20H25N3O2/c1-12(2)25-14-6-7-15-16(9-18(24)23-17(15)8-14)13-10-21-19(22-11-13)20(3,4)5/h6-8,10-12,16H,9H2,1-5H3,(H,23,24). The molecule has 1 aromatic heterocycles. The molecule has 1 N–H and O–H groups in total. The van der Waals surface area contributed by atoms with Gasteiger partial charge in [0.05, 0.1) is 6.10 Å². The Balaban J connectivity index is 1.95. The van der Waals surface area contributed by atoms with E-state index < -0.39 is 0 Å². The molecule has 1 atom stereocenters. The number of nitrogens with one attached hydrogen (secondary N) is 1. The van der Waals surface area contributed by atoms with Gasteiger partial charge in [-0.1, -0.05) is 26.8 Å². The SMILES string of the molecule is CC(C)Oc1ccc2c(c1)NC(=O)CC2c1cnc(C(C)(C)C)nc1. The molecule has 132 valence electrons. The summed E-state index contributed by atoms with van der Waals surface area (Å²) in [4.78, 5) is 21.2. The van der Waals surface area contributed by atoms with Gasteiger partial charge in [-0.25, -0.2) is 9.97 Å². The summed E-state index contributed by atoms with van der Waals surface area (Å²) in [5.41, 5.74) is 2.74. The smallest absolute Gasteiger partial charge is 0.225 e. The minimum atomic E-state index is -0.0938. The molecule has 1 aliphatic rings. The van der Waals surface area contributed by atoms with Crippen molar-refractivity contribution >= 4 is 11.6 Å². The summed E-state index contributed by atoms with van der Waals surface area (Å²) in [7, 11) is 0. The second kappa shape index (κ2) is 6.47. The monoisotopic (exact) mass is 339 g/mol. The minimum absolute atomic E-state index is 0.000838. The molecule has 1 unspecified atom stereocenters. The summed E-state index contributed by atoms with van der Waals surface area (Å²) >= 11 is 0. The third kappa shape index (κ3) is 3.81. The van der Waals surface area contributed by atoms with E-state index >= 15 is 0 Å². The third-order valence-corrected chi connectivity index (χ3v) is 4.18. The normalized spacial score (nSPS) is 17.2. The summed E-state index contributed by atoms with van der Waals surface area (Å²) in [5.74, 6) is 1.52. The van der Waals surface area contributed by atoms with Crippen molar-refractivity contribution in [2.45, 2.75) is 58.5 Å². The molecule has 1 aliphatic heterocycles. The molecule has 3 rings (SSSR count). The Morgan fingerprint density at radius 2 is 1.88 bits per heavy atom. The van der Waals surface area contributed by atoms with E-state index in [0.29, 0.717) is 6.42 Å². The number of carbonyl (C=O) groups excluding carboxylic acids is 1. The lowest BCUT2D eigenvalue weighted by Crippen LogP contribution is -2.24. The molecule has 0 saturated carbocycles. The van der Waals surface area contributed by atoms with Gasteiger partial charge in [0.2, 0.25) is 5.91 Å². The van der Waals surface area contributed by atoms with Crippen LogP contribution in [0.3, 0.4) is 0 Å². The predicted octanol–water partition coefficient (Wildman–Crippen LogP) is 4.04. The number of nitrogens with zero attached hydrogens (tertiary/aromatic N) is 2. The van der Waals surface area contributed by atoms with Gasteiger partial charge in [-0.05, 0) is 31.0 Å². The minimum Gasteiger partial charge on any atom is -0.491 e. The molecule has 1 amide bonds. The number of ether oxygens (including phenoxy) is 1. The van der Waals surface area contributed by atoms with E-state index in [2.05, 4.69) is 36.1 Å². The molecule has 5 heteroatoms. The van der Waals surface area contributed by atoms with Gasteiger partial charge in [-0.3, -0.25) is 4.79 Å². The van der Waals surface area contributed by atoms with Gasteiger partial charge in [0.25, 0.3) is 0 Å². The highest BCUT2D eigenvalue weighted by Crippen LogP contribution is 2.38. The van der Waals surface area contributed by atoms with Crippen LogP contribution in [-0.4, -0.2) is 22.0 Å². The third-order valence-electron chi connectivity index (χ3n) is 4.18. The van der Waals surface area contributed by atoms with Crippen LogP contribution < -0.4 is 10.1 Å². The molecule has 0 aliphatic carbocycles. The Labute approximate surface area is 148 Å². The number of anilines is 1. The highest BCUT2D eigenvalue weighted by Gasteiger charge is 2.28. The van der Waals surface area contributed by atoms with Crippen LogP contribution in [-0.2, 0) is 10.2 Å². The average Bonchev–Trinajstić information content (AvgIpc) is 2.52. The van der Waals surface area contributed by atoms with Crippen molar-refractivity contribution in [3.8, 4) is 5.75 Å². The zero-order chi connectivity index (χ0) is 18.2. The molecule has 2 heterocycles. The Morgan fingerprint density at radius 1 is 1.20 bits per heavy atom. The number of hydrogen-bond acceptors (Lipinski definition) is 4. The van der Waals surface area contributed by atoms with Gasteiger partial charge in [0, 0.05) is 41.9 Å². The number of rotatable bonds is 3. The fourth-order valence-electron chi connectivity index (χ4n) is 2.99. The van der Waals surface area contributed by atoms with Crippen molar-refractivity contribution in [3.05, 3.63) is 47.5 Å². The van der Waals surface area contributed by atoms with Crippen molar-refractivity contribution in [2.24, 2.45) is 0 Å². The van der Waals surface area contributed by atoms with Gasteiger partial charge in [-0.2, -0.15) is 0 Å². The van der Waals surface area contributed by atoms with Crippen LogP contribution >= 0.6 is 0 Å². The van der Waals surface area contributed by atoms with Crippen LogP contribution in [0, 0.1) is 0 Å². The Hall–Kier alpha value is -2.43. The lowest BCUT2D eigenvalue weighted by Gasteiger charge is -2.27. The number of benzene rings is 1. The molecule has 0 saturated heterocycles. The second-order valence-electron chi connectivity index (χ2n) is 7.81. The van der Waals surface area contributed by atoms with Crippen LogP contribution in [0.15, 0.2) is 30.6 Å². The topological polar surface area (TPSA) is 64.1 Å². The first-order valence-corrected chi connectivity index (χ1v) is 8.67.